The fourth-order valence-corrected chi connectivity index (χ4v) is 3.60. The molecule has 0 nitrogen and oxygen atoms in total. The maximum Gasteiger partial charge on any atom is 0.0428 e. The molecule has 0 fully saturated rings. The molecule has 1 aromatic rings. The molecular weight excluding hydrogens is 184 g/mol. The van der Waals surface area contributed by atoms with Crippen LogP contribution >= 0.6 is 23.5 Å². The summed E-state index contributed by atoms with van der Waals surface area (Å²) in [4.78, 5) is 2.81. The predicted octanol–water partition coefficient (Wildman–Crippen LogP) is 3.97. The zero-order chi connectivity index (χ0) is 8.72. The summed E-state index contributed by atoms with van der Waals surface area (Å²) < 4.78 is 1.20. The van der Waals surface area contributed by atoms with Crippen LogP contribution in [-0.2, 0) is 0 Å². The molecule has 0 aromatic heterocycles. The molecule has 0 N–H and O–H groups in total. The van der Waals surface area contributed by atoms with Crippen LogP contribution in [0.15, 0.2) is 32.7 Å². The molecule has 0 radical (unpaired) electrons. The minimum absolute atomic E-state index is 1.20. The second-order valence-electron chi connectivity index (χ2n) is 2.93. The van der Waals surface area contributed by atoms with E-state index in [1.807, 2.05) is 0 Å². The van der Waals surface area contributed by atoms with Gasteiger partial charge in [-0.2, -0.15) is 0 Å². The molecule has 0 aliphatic carbocycles. The number of fused-ring (bicyclic) bond motifs is 1. The van der Waals surface area contributed by atoms with E-state index in [2.05, 4.69) is 32.6 Å². The van der Waals surface area contributed by atoms with Crippen molar-refractivity contribution in [2.45, 2.75) is 23.6 Å². The van der Waals surface area contributed by atoms with Crippen LogP contribution in [0, 0.1) is 13.8 Å². The smallest absolute Gasteiger partial charge is 0.0428 e. The van der Waals surface area contributed by atoms with E-state index < -0.39 is 0 Å². The summed E-state index contributed by atoms with van der Waals surface area (Å²) in [5, 5.41) is 0. The topological polar surface area (TPSA) is 0 Å². The number of hydrogen-bond donors (Lipinski definition) is 0. The Morgan fingerprint density at radius 3 is 1.83 bits per heavy atom. The van der Waals surface area contributed by atoms with E-state index in [-0.39, 0.29) is 0 Å². The van der Waals surface area contributed by atoms with E-state index in [4.69, 9.17) is 0 Å². The molecular formula is C10H10S2. The first kappa shape index (κ1) is 8.27. The Kier molecular flexibility index (Phi) is 1.97. The van der Waals surface area contributed by atoms with Crippen molar-refractivity contribution in [3.05, 3.63) is 34.1 Å². The molecule has 0 spiro atoms. The van der Waals surface area contributed by atoms with Crippen molar-refractivity contribution in [3.8, 4) is 0 Å². The molecule has 0 amide bonds. The van der Waals surface area contributed by atoms with Crippen molar-refractivity contribution in [1.82, 2.24) is 0 Å². The first-order chi connectivity index (χ1) is 5.68. The average Bonchev–Trinajstić information content (AvgIpc) is 2.41. The third-order valence-electron chi connectivity index (χ3n) is 1.94. The molecule has 62 valence electrons. The van der Waals surface area contributed by atoms with Gasteiger partial charge in [0.2, 0.25) is 0 Å². The quantitative estimate of drug-likeness (QED) is 0.613. The lowest BCUT2D eigenvalue weighted by Gasteiger charge is -2.03. The van der Waals surface area contributed by atoms with Gasteiger partial charge in [-0.05, 0) is 25.0 Å². The average molecular weight is 194 g/mol. The summed E-state index contributed by atoms with van der Waals surface area (Å²) >= 11 is 3.60. The van der Waals surface area contributed by atoms with E-state index in [9.17, 15) is 0 Å². The molecule has 0 unspecified atom stereocenters. The summed E-state index contributed by atoms with van der Waals surface area (Å²) in [6, 6.07) is 4.36. The number of rotatable bonds is 0. The van der Waals surface area contributed by atoms with Crippen molar-refractivity contribution in [2.24, 2.45) is 0 Å². The van der Waals surface area contributed by atoms with Gasteiger partial charge < -0.3 is 0 Å². The first-order valence-corrected chi connectivity index (χ1v) is 5.46. The molecule has 1 heterocycles. The lowest BCUT2D eigenvalue weighted by atomic mass is 10.2. The number of aryl methyl sites for hydroxylation is 2. The Bertz CT molecular complexity index is 320. The third kappa shape index (κ3) is 1.19. The third-order valence-corrected chi connectivity index (χ3v) is 4.48. The Labute approximate surface area is 81.4 Å². The van der Waals surface area contributed by atoms with Crippen LogP contribution in [0.25, 0.3) is 0 Å². The van der Waals surface area contributed by atoms with Gasteiger partial charge in [0.25, 0.3) is 0 Å². The van der Waals surface area contributed by atoms with Gasteiger partial charge in [-0.25, -0.2) is 0 Å². The van der Waals surface area contributed by atoms with Crippen LogP contribution in [0.3, 0.4) is 0 Å². The Morgan fingerprint density at radius 2 is 1.42 bits per heavy atom. The summed E-state index contributed by atoms with van der Waals surface area (Å²) in [6.07, 6.45) is 0. The van der Waals surface area contributed by atoms with Crippen LogP contribution < -0.4 is 0 Å². The molecule has 2 heteroatoms. The lowest BCUT2D eigenvalue weighted by molar-refractivity contribution is 1.13. The summed E-state index contributed by atoms with van der Waals surface area (Å²) in [7, 11) is 0. The lowest BCUT2D eigenvalue weighted by Crippen LogP contribution is -1.82. The highest BCUT2D eigenvalue weighted by molar-refractivity contribution is 8.24. The maximum absolute atomic E-state index is 3.98. The van der Waals surface area contributed by atoms with Gasteiger partial charge in [0, 0.05) is 14.0 Å². The van der Waals surface area contributed by atoms with Crippen molar-refractivity contribution in [1.29, 1.82) is 0 Å². The zero-order valence-corrected chi connectivity index (χ0v) is 8.81. The summed E-state index contributed by atoms with van der Waals surface area (Å²) in [5.41, 5.74) is 2.73. The van der Waals surface area contributed by atoms with Gasteiger partial charge in [-0.15, -0.1) is 0 Å². The van der Waals surface area contributed by atoms with Crippen molar-refractivity contribution in [2.75, 3.05) is 0 Å². The molecule has 0 bridgehead atoms. The van der Waals surface area contributed by atoms with Gasteiger partial charge in [0.15, 0.2) is 0 Å². The van der Waals surface area contributed by atoms with Crippen molar-refractivity contribution >= 4 is 23.5 Å². The van der Waals surface area contributed by atoms with E-state index in [1.165, 1.54) is 25.2 Å². The number of benzene rings is 1. The summed E-state index contributed by atoms with van der Waals surface area (Å²) in [6.45, 7) is 8.29. The van der Waals surface area contributed by atoms with E-state index >= 15 is 0 Å². The fourth-order valence-electron chi connectivity index (χ4n) is 1.26. The molecule has 2 rings (SSSR count). The standard InChI is InChI=1S/C10H10S2/c1-6-4-5-7(2)10-9(6)11-8(3)12-10/h4-5H,3H2,1-2H3. The second kappa shape index (κ2) is 2.86. The Morgan fingerprint density at radius 1 is 1.00 bits per heavy atom. The van der Waals surface area contributed by atoms with Crippen LogP contribution in [-0.4, -0.2) is 0 Å². The van der Waals surface area contributed by atoms with Gasteiger partial charge in [-0.3, -0.25) is 0 Å². The van der Waals surface area contributed by atoms with Crippen LogP contribution in [0.1, 0.15) is 11.1 Å². The number of thioether (sulfide) groups is 2. The normalized spacial score (nSPS) is 15.0. The fraction of sp³-hybridized carbons (Fsp3) is 0.200. The SMILES string of the molecule is C=C1Sc2c(C)ccc(C)c2S1. The highest BCUT2D eigenvalue weighted by atomic mass is 32.2. The number of hydrogen-bond acceptors (Lipinski definition) is 2. The Hall–Kier alpha value is -0.340. The second-order valence-corrected chi connectivity index (χ2v) is 5.40. The van der Waals surface area contributed by atoms with Gasteiger partial charge in [-0.1, -0.05) is 42.2 Å². The van der Waals surface area contributed by atoms with Crippen molar-refractivity contribution < 1.29 is 0 Å². The van der Waals surface area contributed by atoms with E-state index in [1.54, 1.807) is 23.5 Å². The van der Waals surface area contributed by atoms with Gasteiger partial charge in [0.05, 0.1) is 0 Å². The van der Waals surface area contributed by atoms with Crippen LogP contribution in [0.2, 0.25) is 0 Å². The molecule has 0 saturated carbocycles. The molecule has 1 aliphatic rings. The molecule has 0 atom stereocenters. The minimum Gasteiger partial charge on any atom is -0.0819 e. The highest BCUT2D eigenvalue weighted by Crippen LogP contribution is 2.52. The Balaban J connectivity index is 2.64. The largest absolute Gasteiger partial charge is 0.0819 e. The van der Waals surface area contributed by atoms with Gasteiger partial charge >= 0.3 is 0 Å². The zero-order valence-electron chi connectivity index (χ0n) is 7.18. The van der Waals surface area contributed by atoms with E-state index in [0.29, 0.717) is 0 Å². The minimum atomic E-state index is 1.20. The summed E-state index contributed by atoms with van der Waals surface area (Å²) in [5.74, 6) is 0. The predicted molar refractivity (Wildman–Crippen MR) is 56.8 cm³/mol. The van der Waals surface area contributed by atoms with Crippen LogP contribution in [0.4, 0.5) is 0 Å². The monoisotopic (exact) mass is 194 g/mol. The maximum atomic E-state index is 3.98. The molecule has 0 saturated heterocycles. The molecule has 1 aliphatic heterocycles. The van der Waals surface area contributed by atoms with Crippen molar-refractivity contribution in [3.63, 3.8) is 0 Å². The van der Waals surface area contributed by atoms with E-state index in [0.717, 1.165) is 0 Å². The van der Waals surface area contributed by atoms with Gasteiger partial charge in [0.1, 0.15) is 0 Å². The van der Waals surface area contributed by atoms with Crippen LogP contribution in [0.5, 0.6) is 0 Å². The highest BCUT2D eigenvalue weighted by Gasteiger charge is 2.19. The molecule has 12 heavy (non-hydrogen) atoms. The molecule has 1 aromatic carbocycles. The first-order valence-electron chi connectivity index (χ1n) is 3.83.